The van der Waals surface area contributed by atoms with Gasteiger partial charge in [-0.3, -0.25) is 0 Å². The van der Waals surface area contributed by atoms with Crippen molar-refractivity contribution in [1.82, 2.24) is 0 Å². The Balaban J connectivity index is 1.45. The number of halogens is 1. The number of ether oxygens (including phenoxy) is 3. The minimum Gasteiger partial charge on any atom is -0.488 e. The summed E-state index contributed by atoms with van der Waals surface area (Å²) in [5, 5.41) is 20.2. The van der Waals surface area contributed by atoms with E-state index in [1.54, 1.807) is 0 Å². The zero-order valence-corrected chi connectivity index (χ0v) is 17.1. The quantitative estimate of drug-likeness (QED) is 0.749. The van der Waals surface area contributed by atoms with Crippen molar-refractivity contribution in [2.75, 3.05) is 19.8 Å². The maximum atomic E-state index is 10.1. The fraction of sp³-hybridized carbons (Fsp3) is 0.478. The third-order valence-corrected chi connectivity index (χ3v) is 5.90. The summed E-state index contributed by atoms with van der Waals surface area (Å²) in [7, 11) is 0. The van der Waals surface area contributed by atoms with Gasteiger partial charge in [-0.05, 0) is 41.3 Å². The molecular formula is C23H27ClO5. The molecule has 3 unspecified atom stereocenters. The minimum atomic E-state index is -0.470. The van der Waals surface area contributed by atoms with E-state index in [9.17, 15) is 10.2 Å². The van der Waals surface area contributed by atoms with E-state index in [0.29, 0.717) is 30.9 Å². The van der Waals surface area contributed by atoms with E-state index >= 15 is 0 Å². The first-order valence-electron chi connectivity index (χ1n) is 10.2. The van der Waals surface area contributed by atoms with Gasteiger partial charge in [0.15, 0.2) is 0 Å². The predicted octanol–water partition coefficient (Wildman–Crippen LogP) is 3.67. The Morgan fingerprint density at radius 3 is 2.66 bits per heavy atom. The highest BCUT2D eigenvalue weighted by Gasteiger charge is 2.29. The molecular weight excluding hydrogens is 392 g/mol. The fourth-order valence-corrected chi connectivity index (χ4v) is 4.14. The van der Waals surface area contributed by atoms with Gasteiger partial charge in [0.05, 0.1) is 38.1 Å². The van der Waals surface area contributed by atoms with Crippen LogP contribution in [0.25, 0.3) is 0 Å². The van der Waals surface area contributed by atoms with Crippen LogP contribution in [0.3, 0.4) is 0 Å². The van der Waals surface area contributed by atoms with Crippen molar-refractivity contribution in [2.45, 2.75) is 50.1 Å². The van der Waals surface area contributed by atoms with E-state index in [2.05, 4.69) is 12.1 Å². The topological polar surface area (TPSA) is 68.2 Å². The molecule has 4 rings (SSSR count). The second kappa shape index (κ2) is 9.45. The third-order valence-electron chi connectivity index (χ3n) is 5.53. The second-order valence-electron chi connectivity index (χ2n) is 7.83. The van der Waals surface area contributed by atoms with Gasteiger partial charge in [-0.2, -0.15) is 0 Å². The Hall–Kier alpha value is -1.63. The molecule has 0 bridgehead atoms. The van der Waals surface area contributed by atoms with Crippen molar-refractivity contribution in [3.8, 4) is 5.75 Å². The average Bonchev–Trinajstić information content (AvgIpc) is 3.23. The van der Waals surface area contributed by atoms with E-state index in [4.69, 9.17) is 25.8 Å². The third kappa shape index (κ3) is 5.30. The lowest BCUT2D eigenvalue weighted by atomic mass is 9.94. The Kier molecular flexibility index (Phi) is 6.73. The Bertz CT molecular complexity index is 803. The molecule has 0 saturated carbocycles. The van der Waals surface area contributed by atoms with Gasteiger partial charge in [-0.1, -0.05) is 35.9 Å². The van der Waals surface area contributed by atoms with Crippen molar-refractivity contribution in [2.24, 2.45) is 0 Å². The van der Waals surface area contributed by atoms with Crippen LogP contribution in [0.2, 0.25) is 5.02 Å². The lowest BCUT2D eigenvalue weighted by molar-refractivity contribution is -0.113. The van der Waals surface area contributed by atoms with Gasteiger partial charge in [0.1, 0.15) is 11.9 Å². The van der Waals surface area contributed by atoms with Crippen molar-refractivity contribution >= 4 is 11.6 Å². The molecule has 156 valence electrons. The summed E-state index contributed by atoms with van der Waals surface area (Å²) in [5.41, 5.74) is 3.12. The van der Waals surface area contributed by atoms with Crippen LogP contribution in [0, 0.1) is 0 Å². The van der Waals surface area contributed by atoms with Crippen LogP contribution in [0.15, 0.2) is 42.5 Å². The second-order valence-corrected chi connectivity index (χ2v) is 8.24. The van der Waals surface area contributed by atoms with Crippen LogP contribution in [0.1, 0.15) is 42.1 Å². The predicted molar refractivity (Wildman–Crippen MR) is 110 cm³/mol. The average molecular weight is 419 g/mol. The van der Waals surface area contributed by atoms with E-state index in [1.165, 1.54) is 0 Å². The first-order valence-corrected chi connectivity index (χ1v) is 10.5. The molecule has 2 heterocycles. The molecule has 0 aliphatic carbocycles. The van der Waals surface area contributed by atoms with Gasteiger partial charge in [0.2, 0.25) is 0 Å². The highest BCUT2D eigenvalue weighted by atomic mass is 35.5. The molecule has 4 atom stereocenters. The molecule has 2 N–H and O–H groups in total. The molecule has 2 aromatic carbocycles. The van der Waals surface area contributed by atoms with Gasteiger partial charge >= 0.3 is 0 Å². The highest BCUT2D eigenvalue weighted by molar-refractivity contribution is 6.31. The molecule has 29 heavy (non-hydrogen) atoms. The number of rotatable bonds is 6. The van der Waals surface area contributed by atoms with Crippen molar-refractivity contribution < 1.29 is 24.4 Å². The SMILES string of the molecule is OCC1CC(O)CC(c2ccc(Cl)c(Cc3ccc(O[C@H]4CCOC4)cc3)c2)O1. The summed E-state index contributed by atoms with van der Waals surface area (Å²) in [4.78, 5) is 0. The normalized spacial score (nSPS) is 27.1. The van der Waals surface area contributed by atoms with E-state index < -0.39 is 6.10 Å². The van der Waals surface area contributed by atoms with Crippen LogP contribution in [-0.2, 0) is 15.9 Å². The van der Waals surface area contributed by atoms with Gasteiger partial charge < -0.3 is 24.4 Å². The summed E-state index contributed by atoms with van der Waals surface area (Å²) < 4.78 is 17.2. The van der Waals surface area contributed by atoms with Gasteiger partial charge in [-0.25, -0.2) is 0 Å². The van der Waals surface area contributed by atoms with Crippen LogP contribution >= 0.6 is 11.6 Å². The van der Waals surface area contributed by atoms with Gasteiger partial charge in [-0.15, -0.1) is 0 Å². The molecule has 2 aliphatic rings. The summed E-state index contributed by atoms with van der Waals surface area (Å²) in [6.45, 7) is 1.33. The monoisotopic (exact) mass is 418 g/mol. The van der Waals surface area contributed by atoms with E-state index in [0.717, 1.165) is 35.5 Å². The molecule has 2 aliphatic heterocycles. The van der Waals surface area contributed by atoms with E-state index in [-0.39, 0.29) is 24.9 Å². The van der Waals surface area contributed by atoms with Crippen molar-refractivity contribution in [1.29, 1.82) is 0 Å². The lowest BCUT2D eigenvalue weighted by Crippen LogP contribution is -2.33. The van der Waals surface area contributed by atoms with Crippen LogP contribution in [0.5, 0.6) is 5.75 Å². The summed E-state index contributed by atoms with van der Waals surface area (Å²) in [5.74, 6) is 0.851. The van der Waals surface area contributed by atoms with Crippen LogP contribution in [-0.4, -0.2) is 48.3 Å². The van der Waals surface area contributed by atoms with Crippen molar-refractivity contribution in [3.63, 3.8) is 0 Å². The summed E-state index contributed by atoms with van der Waals surface area (Å²) in [6.07, 6.45) is 1.71. The van der Waals surface area contributed by atoms with Gasteiger partial charge in [0.25, 0.3) is 0 Å². The molecule has 0 aromatic heterocycles. The van der Waals surface area contributed by atoms with Crippen LogP contribution in [0.4, 0.5) is 0 Å². The lowest BCUT2D eigenvalue weighted by Gasteiger charge is -2.32. The highest BCUT2D eigenvalue weighted by Crippen LogP contribution is 2.34. The number of aliphatic hydroxyl groups excluding tert-OH is 2. The molecule has 0 radical (unpaired) electrons. The van der Waals surface area contributed by atoms with Crippen LogP contribution < -0.4 is 4.74 Å². The number of benzene rings is 2. The zero-order chi connectivity index (χ0) is 20.2. The van der Waals surface area contributed by atoms with E-state index in [1.807, 2.05) is 30.3 Å². The minimum absolute atomic E-state index is 0.0879. The Morgan fingerprint density at radius 2 is 1.93 bits per heavy atom. The standard InChI is InChI=1S/C23H27ClO5/c24-22-6-3-16(23-12-18(26)11-21(13-25)29-23)10-17(22)9-15-1-4-19(5-2-15)28-20-7-8-27-14-20/h1-6,10,18,20-21,23,25-26H,7-9,11-14H2/t18?,20-,21?,23?/m0/s1. The molecule has 5 nitrogen and oxygen atoms in total. The number of aliphatic hydroxyl groups is 2. The maximum Gasteiger partial charge on any atom is 0.124 e. The van der Waals surface area contributed by atoms with Gasteiger partial charge in [0, 0.05) is 24.3 Å². The first-order chi connectivity index (χ1) is 14.1. The zero-order valence-electron chi connectivity index (χ0n) is 16.3. The molecule has 0 amide bonds. The summed E-state index contributed by atoms with van der Waals surface area (Å²) >= 11 is 6.45. The first kappa shape index (κ1) is 20.6. The maximum absolute atomic E-state index is 10.1. The van der Waals surface area contributed by atoms with Crippen molar-refractivity contribution in [3.05, 3.63) is 64.2 Å². The molecule has 6 heteroatoms. The smallest absolute Gasteiger partial charge is 0.124 e. The number of hydrogen-bond donors (Lipinski definition) is 2. The summed E-state index contributed by atoms with van der Waals surface area (Å²) in [6, 6.07) is 13.9. The Morgan fingerprint density at radius 1 is 1.10 bits per heavy atom. The fourth-order valence-electron chi connectivity index (χ4n) is 3.96. The molecule has 2 fully saturated rings. The largest absolute Gasteiger partial charge is 0.488 e. The molecule has 0 spiro atoms. The number of hydrogen-bond acceptors (Lipinski definition) is 5. The molecule has 2 aromatic rings. The molecule has 2 saturated heterocycles. The Labute approximate surface area is 176 Å².